The van der Waals surface area contributed by atoms with Crippen LogP contribution < -0.4 is 5.32 Å². The summed E-state index contributed by atoms with van der Waals surface area (Å²) in [4.78, 5) is 12.2. The largest absolute Gasteiger partial charge is 0.417 e. The molecule has 1 amide bonds. The number of amides is 1. The smallest absolute Gasteiger partial charge is 0.325 e. The molecule has 10 heteroatoms. The molecule has 0 aliphatic rings. The zero-order valence-electron chi connectivity index (χ0n) is 16.1. The molecule has 3 rings (SSSR count). The van der Waals surface area contributed by atoms with E-state index in [0.29, 0.717) is 17.5 Å². The van der Waals surface area contributed by atoms with Gasteiger partial charge in [0.15, 0.2) is 11.0 Å². The summed E-state index contributed by atoms with van der Waals surface area (Å²) in [6.07, 6.45) is -4.60. The van der Waals surface area contributed by atoms with Crippen LogP contribution in [0, 0.1) is 6.92 Å². The number of carbonyl (C=O) groups excluding carboxylic acids is 1. The third-order valence-corrected chi connectivity index (χ3v) is 5.49. The minimum atomic E-state index is -4.60. The van der Waals surface area contributed by atoms with Gasteiger partial charge in [-0.2, -0.15) is 13.2 Å². The van der Waals surface area contributed by atoms with Gasteiger partial charge < -0.3 is 9.88 Å². The summed E-state index contributed by atoms with van der Waals surface area (Å²) in [5.41, 5.74) is 1.03. The molecule has 158 valence electrons. The number of carbonyl (C=O) groups is 1. The second-order valence-corrected chi connectivity index (χ2v) is 7.80. The zero-order chi connectivity index (χ0) is 21.9. The number of nitrogens with one attached hydrogen (secondary N) is 1. The number of hydrogen-bond acceptors (Lipinski definition) is 4. The quantitative estimate of drug-likeness (QED) is 0.487. The van der Waals surface area contributed by atoms with Crippen molar-refractivity contribution in [2.45, 2.75) is 31.7 Å². The molecule has 5 nitrogen and oxygen atoms in total. The fourth-order valence-electron chi connectivity index (χ4n) is 2.83. The van der Waals surface area contributed by atoms with E-state index in [1.54, 1.807) is 0 Å². The van der Waals surface area contributed by atoms with E-state index in [1.807, 2.05) is 42.7 Å². The summed E-state index contributed by atoms with van der Waals surface area (Å²) in [5.74, 6) is 0.200. The second kappa shape index (κ2) is 9.09. The SMILES string of the molecule is CCn1c(SCC(=O)Nc2ccc(Cl)c(C(F)(F)F)c2)nnc1-c1cccc(C)c1. The fraction of sp³-hybridized carbons (Fsp3) is 0.250. The highest BCUT2D eigenvalue weighted by atomic mass is 35.5. The lowest BCUT2D eigenvalue weighted by Crippen LogP contribution is -2.15. The van der Waals surface area contributed by atoms with Gasteiger partial charge in [-0.05, 0) is 38.1 Å². The summed E-state index contributed by atoms with van der Waals surface area (Å²) in [5, 5.41) is 11.0. The summed E-state index contributed by atoms with van der Waals surface area (Å²) >= 11 is 6.76. The van der Waals surface area contributed by atoms with Crippen molar-refractivity contribution in [2.24, 2.45) is 0 Å². The molecule has 1 heterocycles. The Balaban J connectivity index is 1.70. The van der Waals surface area contributed by atoms with E-state index in [1.165, 1.54) is 6.07 Å². The van der Waals surface area contributed by atoms with Crippen molar-refractivity contribution in [3.63, 3.8) is 0 Å². The van der Waals surface area contributed by atoms with Crippen LogP contribution in [0.15, 0.2) is 47.6 Å². The summed E-state index contributed by atoms with van der Waals surface area (Å²) in [6, 6.07) is 11.1. The van der Waals surface area contributed by atoms with Crippen LogP contribution in [0.5, 0.6) is 0 Å². The van der Waals surface area contributed by atoms with Crippen molar-refractivity contribution in [3.05, 3.63) is 58.6 Å². The van der Waals surface area contributed by atoms with Crippen LogP contribution in [-0.4, -0.2) is 26.4 Å². The van der Waals surface area contributed by atoms with E-state index in [9.17, 15) is 18.0 Å². The minimum absolute atomic E-state index is 0.0229. The molecular formula is C20H18ClF3N4OS. The van der Waals surface area contributed by atoms with Crippen LogP contribution in [0.2, 0.25) is 5.02 Å². The van der Waals surface area contributed by atoms with E-state index in [0.717, 1.165) is 35.0 Å². The third kappa shape index (κ3) is 5.14. The van der Waals surface area contributed by atoms with Crippen LogP contribution in [0.4, 0.5) is 18.9 Å². The molecule has 0 saturated heterocycles. The predicted molar refractivity (Wildman–Crippen MR) is 112 cm³/mol. The summed E-state index contributed by atoms with van der Waals surface area (Å²) in [7, 11) is 0. The second-order valence-electron chi connectivity index (χ2n) is 6.45. The van der Waals surface area contributed by atoms with Crippen molar-refractivity contribution in [2.75, 3.05) is 11.1 Å². The molecule has 0 unspecified atom stereocenters. The first-order chi connectivity index (χ1) is 14.2. The van der Waals surface area contributed by atoms with Crippen LogP contribution in [0.1, 0.15) is 18.1 Å². The van der Waals surface area contributed by atoms with Gasteiger partial charge in [0, 0.05) is 17.8 Å². The Kier molecular flexibility index (Phi) is 6.72. The van der Waals surface area contributed by atoms with E-state index >= 15 is 0 Å². The summed E-state index contributed by atoms with van der Waals surface area (Å²) in [6.45, 7) is 4.53. The molecule has 1 aromatic heterocycles. The molecule has 0 spiro atoms. The van der Waals surface area contributed by atoms with Crippen molar-refractivity contribution in [1.29, 1.82) is 0 Å². The number of alkyl halides is 3. The molecule has 1 N–H and O–H groups in total. The van der Waals surface area contributed by atoms with Crippen molar-refractivity contribution in [1.82, 2.24) is 14.8 Å². The first-order valence-corrected chi connectivity index (χ1v) is 10.3. The maximum atomic E-state index is 13.0. The lowest BCUT2D eigenvalue weighted by atomic mass is 10.1. The van der Waals surface area contributed by atoms with Gasteiger partial charge >= 0.3 is 6.18 Å². The highest BCUT2D eigenvalue weighted by Crippen LogP contribution is 2.36. The Bertz CT molecular complexity index is 1070. The molecule has 3 aromatic rings. The fourth-order valence-corrected chi connectivity index (χ4v) is 3.85. The highest BCUT2D eigenvalue weighted by Gasteiger charge is 2.33. The molecule has 0 bridgehead atoms. The number of aryl methyl sites for hydroxylation is 1. The number of benzene rings is 2. The molecule has 0 aliphatic heterocycles. The molecule has 30 heavy (non-hydrogen) atoms. The number of nitrogens with zero attached hydrogens (tertiary/aromatic N) is 3. The summed E-state index contributed by atoms with van der Waals surface area (Å²) < 4.78 is 40.8. The molecule has 0 fully saturated rings. The number of rotatable bonds is 6. The molecular weight excluding hydrogens is 437 g/mol. The van der Waals surface area contributed by atoms with E-state index < -0.39 is 22.7 Å². The number of hydrogen-bond donors (Lipinski definition) is 1. The van der Waals surface area contributed by atoms with Gasteiger partial charge in [-0.15, -0.1) is 10.2 Å². The van der Waals surface area contributed by atoms with Gasteiger partial charge in [0.1, 0.15) is 0 Å². The zero-order valence-corrected chi connectivity index (χ0v) is 17.7. The number of aromatic nitrogens is 3. The molecule has 0 aliphatic carbocycles. The Morgan fingerprint density at radius 1 is 1.20 bits per heavy atom. The lowest BCUT2D eigenvalue weighted by Gasteiger charge is -2.12. The van der Waals surface area contributed by atoms with Crippen molar-refractivity contribution >= 4 is 35.0 Å². The van der Waals surface area contributed by atoms with Gasteiger partial charge in [0.2, 0.25) is 5.91 Å². The standard InChI is InChI=1S/C20H18ClF3N4OS/c1-3-28-18(13-6-4-5-12(2)9-13)26-27-19(28)30-11-17(29)25-14-7-8-16(21)15(10-14)20(22,23)24/h4-10H,3,11H2,1-2H3,(H,25,29). The number of anilines is 1. The molecule has 0 radical (unpaired) electrons. The number of thioether (sulfide) groups is 1. The van der Waals surface area contributed by atoms with E-state index in [2.05, 4.69) is 15.5 Å². The van der Waals surface area contributed by atoms with E-state index in [-0.39, 0.29) is 11.4 Å². The average Bonchev–Trinajstić information content (AvgIpc) is 3.10. The maximum absolute atomic E-state index is 13.0. The van der Waals surface area contributed by atoms with Gasteiger partial charge in [-0.3, -0.25) is 4.79 Å². The Morgan fingerprint density at radius 2 is 1.97 bits per heavy atom. The van der Waals surface area contributed by atoms with Crippen LogP contribution in [0.25, 0.3) is 11.4 Å². The van der Waals surface area contributed by atoms with Gasteiger partial charge in [-0.25, -0.2) is 0 Å². The topological polar surface area (TPSA) is 59.8 Å². The van der Waals surface area contributed by atoms with Gasteiger partial charge in [0.05, 0.1) is 16.3 Å². The molecule has 0 saturated carbocycles. The first kappa shape index (κ1) is 22.2. The van der Waals surface area contributed by atoms with Crippen LogP contribution >= 0.6 is 23.4 Å². The van der Waals surface area contributed by atoms with Crippen molar-refractivity contribution < 1.29 is 18.0 Å². The monoisotopic (exact) mass is 454 g/mol. The maximum Gasteiger partial charge on any atom is 0.417 e. The Morgan fingerprint density at radius 3 is 2.63 bits per heavy atom. The van der Waals surface area contributed by atoms with E-state index in [4.69, 9.17) is 11.6 Å². The minimum Gasteiger partial charge on any atom is -0.325 e. The predicted octanol–water partition coefficient (Wildman–Crippen LogP) is 5.68. The first-order valence-electron chi connectivity index (χ1n) is 8.98. The molecule has 0 atom stereocenters. The normalized spacial score (nSPS) is 11.5. The highest BCUT2D eigenvalue weighted by molar-refractivity contribution is 7.99. The third-order valence-electron chi connectivity index (χ3n) is 4.20. The Labute approximate surface area is 180 Å². The van der Waals surface area contributed by atoms with Crippen molar-refractivity contribution in [3.8, 4) is 11.4 Å². The number of halogens is 4. The van der Waals surface area contributed by atoms with Gasteiger partial charge in [0.25, 0.3) is 0 Å². The average molecular weight is 455 g/mol. The Hall–Kier alpha value is -2.52. The van der Waals surface area contributed by atoms with Crippen LogP contribution in [-0.2, 0) is 17.5 Å². The van der Waals surface area contributed by atoms with Gasteiger partial charge in [-0.1, -0.05) is 47.1 Å². The van der Waals surface area contributed by atoms with Crippen LogP contribution in [0.3, 0.4) is 0 Å². The lowest BCUT2D eigenvalue weighted by molar-refractivity contribution is -0.137. The molecule has 2 aromatic carbocycles.